The molecule has 1 fully saturated rings. The van der Waals surface area contributed by atoms with Gasteiger partial charge >= 0.3 is 5.97 Å². The summed E-state index contributed by atoms with van der Waals surface area (Å²) >= 11 is 0. The van der Waals surface area contributed by atoms with Gasteiger partial charge in [0.2, 0.25) is 5.91 Å². The summed E-state index contributed by atoms with van der Waals surface area (Å²) < 4.78 is 11.1. The third kappa shape index (κ3) is 3.35. The lowest BCUT2D eigenvalue weighted by molar-refractivity contribution is -0.122. The molecule has 0 aromatic heterocycles. The Kier molecular flexibility index (Phi) is 4.24. The van der Waals surface area contributed by atoms with Gasteiger partial charge in [0.15, 0.2) is 11.5 Å². The number of carbonyl (C=O) groups is 2. The number of hydrogen-bond donors (Lipinski definition) is 2. The van der Waals surface area contributed by atoms with Crippen molar-refractivity contribution in [1.82, 2.24) is 5.32 Å². The lowest BCUT2D eigenvalue weighted by Gasteiger charge is -2.18. The van der Waals surface area contributed by atoms with Crippen molar-refractivity contribution < 1.29 is 24.2 Å². The van der Waals surface area contributed by atoms with E-state index in [4.69, 9.17) is 14.6 Å². The quantitative estimate of drug-likeness (QED) is 0.863. The minimum absolute atomic E-state index is 0.0206. The molecule has 2 atom stereocenters. The molecule has 1 amide bonds. The molecule has 2 aromatic carbocycles. The highest BCUT2D eigenvalue weighted by Gasteiger charge is 2.44. The van der Waals surface area contributed by atoms with Crippen LogP contribution >= 0.6 is 0 Å². The number of carboxylic acid groups (broad SMARTS) is 1. The first kappa shape index (κ1) is 16.4. The van der Waals surface area contributed by atoms with E-state index in [-0.39, 0.29) is 23.3 Å². The molecule has 0 radical (unpaired) electrons. The van der Waals surface area contributed by atoms with Crippen LogP contribution in [0.25, 0.3) is 0 Å². The molecule has 6 heteroatoms. The van der Waals surface area contributed by atoms with E-state index in [1.807, 2.05) is 18.2 Å². The maximum Gasteiger partial charge on any atom is 0.335 e. The Morgan fingerprint density at radius 3 is 2.50 bits per heavy atom. The molecule has 134 valence electrons. The Bertz CT molecular complexity index is 846. The fourth-order valence-corrected chi connectivity index (χ4v) is 3.23. The van der Waals surface area contributed by atoms with Crippen molar-refractivity contribution in [2.75, 3.05) is 13.2 Å². The summed E-state index contributed by atoms with van der Waals surface area (Å²) in [6, 6.07) is 12.4. The first-order valence-electron chi connectivity index (χ1n) is 8.61. The Balaban J connectivity index is 1.33. The SMILES string of the molecule is O=C(O)c1ccc(CNC(=O)[C@H]2C[C@H]2c2ccc3c(c2)OCCO3)cc1. The highest BCUT2D eigenvalue weighted by molar-refractivity contribution is 5.87. The minimum atomic E-state index is -0.958. The van der Waals surface area contributed by atoms with Crippen LogP contribution in [-0.2, 0) is 11.3 Å². The van der Waals surface area contributed by atoms with E-state index < -0.39 is 5.97 Å². The maximum absolute atomic E-state index is 12.4. The highest BCUT2D eigenvalue weighted by atomic mass is 16.6. The summed E-state index contributed by atoms with van der Waals surface area (Å²) in [5, 5.41) is 11.8. The van der Waals surface area contributed by atoms with Crippen molar-refractivity contribution in [2.24, 2.45) is 5.92 Å². The number of hydrogen-bond acceptors (Lipinski definition) is 4. The van der Waals surface area contributed by atoms with E-state index in [2.05, 4.69) is 5.32 Å². The summed E-state index contributed by atoms with van der Waals surface area (Å²) in [4.78, 5) is 23.2. The molecule has 26 heavy (non-hydrogen) atoms. The Morgan fingerprint density at radius 2 is 1.77 bits per heavy atom. The maximum atomic E-state index is 12.4. The average molecular weight is 353 g/mol. The zero-order valence-corrected chi connectivity index (χ0v) is 14.1. The number of carboxylic acids is 1. The molecular weight excluding hydrogens is 334 g/mol. The number of aromatic carboxylic acids is 1. The van der Waals surface area contributed by atoms with Gasteiger partial charge in [0.25, 0.3) is 0 Å². The van der Waals surface area contributed by atoms with Crippen molar-refractivity contribution in [2.45, 2.75) is 18.9 Å². The van der Waals surface area contributed by atoms with Crippen LogP contribution in [0.1, 0.15) is 33.8 Å². The van der Waals surface area contributed by atoms with Crippen molar-refractivity contribution in [3.63, 3.8) is 0 Å². The molecule has 6 nitrogen and oxygen atoms in total. The predicted octanol–water partition coefficient (Wildman–Crippen LogP) is 2.58. The number of nitrogens with one attached hydrogen (secondary N) is 1. The summed E-state index contributed by atoms with van der Waals surface area (Å²) in [7, 11) is 0. The van der Waals surface area contributed by atoms with Gasteiger partial charge in [-0.3, -0.25) is 4.79 Å². The van der Waals surface area contributed by atoms with Crippen LogP contribution in [0.3, 0.4) is 0 Å². The number of ether oxygens (including phenoxy) is 2. The van der Waals surface area contributed by atoms with E-state index in [1.165, 1.54) is 0 Å². The molecule has 4 rings (SSSR count). The third-order valence-corrected chi connectivity index (χ3v) is 4.79. The number of carbonyl (C=O) groups excluding carboxylic acids is 1. The van der Waals surface area contributed by atoms with E-state index in [0.29, 0.717) is 19.8 Å². The first-order chi connectivity index (χ1) is 12.6. The molecular formula is C20H19NO5. The highest BCUT2D eigenvalue weighted by Crippen LogP contribution is 2.49. The fraction of sp³-hybridized carbons (Fsp3) is 0.300. The van der Waals surface area contributed by atoms with Crippen LogP contribution in [0.2, 0.25) is 0 Å². The van der Waals surface area contributed by atoms with Gasteiger partial charge < -0.3 is 19.9 Å². The average Bonchev–Trinajstić information content (AvgIpc) is 3.47. The van der Waals surface area contributed by atoms with Crippen molar-refractivity contribution in [3.05, 3.63) is 59.2 Å². The van der Waals surface area contributed by atoms with Crippen molar-refractivity contribution in [3.8, 4) is 11.5 Å². The van der Waals surface area contributed by atoms with Crippen LogP contribution in [-0.4, -0.2) is 30.2 Å². The third-order valence-electron chi connectivity index (χ3n) is 4.79. The van der Waals surface area contributed by atoms with Gasteiger partial charge in [0.1, 0.15) is 13.2 Å². The molecule has 1 aliphatic carbocycles. The van der Waals surface area contributed by atoms with E-state index >= 15 is 0 Å². The summed E-state index contributed by atoms with van der Waals surface area (Å²) in [6.07, 6.45) is 0.823. The van der Waals surface area contributed by atoms with Crippen LogP contribution in [0.15, 0.2) is 42.5 Å². The number of rotatable bonds is 5. The zero-order chi connectivity index (χ0) is 18.1. The number of benzene rings is 2. The summed E-state index contributed by atoms with van der Waals surface area (Å²) in [5.41, 5.74) is 2.21. The number of fused-ring (bicyclic) bond motifs is 1. The first-order valence-corrected chi connectivity index (χ1v) is 8.61. The normalized spacial score (nSPS) is 20.3. The van der Waals surface area contributed by atoms with Crippen LogP contribution < -0.4 is 14.8 Å². The van der Waals surface area contributed by atoms with Crippen LogP contribution in [0.5, 0.6) is 11.5 Å². The molecule has 1 saturated carbocycles. The summed E-state index contributed by atoms with van der Waals surface area (Å²) in [5.74, 6) is 0.744. The molecule has 2 N–H and O–H groups in total. The summed E-state index contributed by atoms with van der Waals surface area (Å²) in [6.45, 7) is 1.50. The van der Waals surface area contributed by atoms with E-state index in [9.17, 15) is 9.59 Å². The second kappa shape index (κ2) is 6.71. The lowest BCUT2D eigenvalue weighted by atomic mass is 10.1. The van der Waals surface area contributed by atoms with Crippen LogP contribution in [0, 0.1) is 5.92 Å². The van der Waals surface area contributed by atoms with Gasteiger partial charge in [-0.05, 0) is 47.7 Å². The molecule has 2 aromatic rings. The van der Waals surface area contributed by atoms with Gasteiger partial charge in [-0.25, -0.2) is 4.79 Å². The van der Waals surface area contributed by atoms with Crippen LogP contribution in [0.4, 0.5) is 0 Å². The molecule has 0 saturated heterocycles. The fourth-order valence-electron chi connectivity index (χ4n) is 3.23. The smallest absolute Gasteiger partial charge is 0.335 e. The van der Waals surface area contributed by atoms with E-state index in [0.717, 1.165) is 29.0 Å². The Labute approximate surface area is 150 Å². The number of amides is 1. The molecule has 1 heterocycles. The predicted molar refractivity (Wildman–Crippen MR) is 93.5 cm³/mol. The van der Waals surface area contributed by atoms with Crippen molar-refractivity contribution >= 4 is 11.9 Å². The minimum Gasteiger partial charge on any atom is -0.486 e. The zero-order valence-electron chi connectivity index (χ0n) is 14.1. The van der Waals surface area contributed by atoms with Gasteiger partial charge in [-0.15, -0.1) is 0 Å². The molecule has 1 aliphatic heterocycles. The van der Waals surface area contributed by atoms with Gasteiger partial charge in [0, 0.05) is 12.5 Å². The second-order valence-electron chi connectivity index (χ2n) is 6.57. The lowest BCUT2D eigenvalue weighted by Crippen LogP contribution is -2.24. The largest absolute Gasteiger partial charge is 0.486 e. The Hall–Kier alpha value is -3.02. The molecule has 0 spiro atoms. The standard InChI is InChI=1S/C20H19NO5/c22-19(21-11-12-1-3-13(4-2-12)20(23)24)16-10-15(16)14-5-6-17-18(9-14)26-8-7-25-17/h1-6,9,15-16H,7-8,10-11H2,(H,21,22)(H,23,24)/t15-,16-/m0/s1. The second-order valence-corrected chi connectivity index (χ2v) is 6.57. The van der Waals surface area contributed by atoms with Gasteiger partial charge in [-0.1, -0.05) is 18.2 Å². The topological polar surface area (TPSA) is 84.9 Å². The van der Waals surface area contributed by atoms with Crippen molar-refractivity contribution in [1.29, 1.82) is 0 Å². The monoisotopic (exact) mass is 353 g/mol. The van der Waals surface area contributed by atoms with Gasteiger partial charge in [0.05, 0.1) is 5.56 Å². The molecule has 0 bridgehead atoms. The van der Waals surface area contributed by atoms with Gasteiger partial charge in [-0.2, -0.15) is 0 Å². The Morgan fingerprint density at radius 1 is 1.04 bits per heavy atom. The molecule has 0 unspecified atom stereocenters. The molecule has 2 aliphatic rings. The van der Waals surface area contributed by atoms with E-state index in [1.54, 1.807) is 24.3 Å².